The second-order valence-electron chi connectivity index (χ2n) is 3.84. The van der Waals surface area contributed by atoms with Crippen LogP contribution in [-0.4, -0.2) is 4.98 Å². The average Bonchev–Trinajstić information content (AvgIpc) is 2.63. The number of hydrogen-bond acceptors (Lipinski definition) is 2. The molecular weight excluding hydrogens is 186 g/mol. The Balaban J connectivity index is 2.60. The molecule has 2 heterocycles. The Kier molecular flexibility index (Phi) is 1.60. The van der Waals surface area contributed by atoms with Gasteiger partial charge >= 0.3 is 0 Å². The molecule has 0 amide bonds. The highest BCUT2D eigenvalue weighted by molar-refractivity contribution is 6.04. The Labute approximate surface area is 87.5 Å². The highest BCUT2D eigenvalue weighted by Crippen LogP contribution is 2.30. The first-order valence-corrected chi connectivity index (χ1v) is 5.01. The maximum Gasteiger partial charge on any atom is 0.227 e. The molecule has 0 unspecified atom stereocenters. The van der Waals surface area contributed by atoms with Gasteiger partial charge in [-0.2, -0.15) is 0 Å². The first-order chi connectivity index (χ1) is 7.27. The lowest BCUT2D eigenvalue weighted by atomic mass is 10.1. The predicted octanol–water partition coefficient (Wildman–Crippen LogP) is 3.60. The number of hydrogen-bond donors (Lipinski definition) is 0. The van der Waals surface area contributed by atoms with Crippen LogP contribution in [0.1, 0.15) is 11.1 Å². The van der Waals surface area contributed by atoms with Crippen molar-refractivity contribution in [3.63, 3.8) is 0 Å². The van der Waals surface area contributed by atoms with Gasteiger partial charge in [-0.3, -0.25) is 0 Å². The van der Waals surface area contributed by atoms with Gasteiger partial charge in [-0.25, -0.2) is 4.98 Å². The molecule has 1 aromatic carbocycles. The molecule has 0 radical (unpaired) electrons. The van der Waals surface area contributed by atoms with Crippen LogP contribution in [-0.2, 0) is 0 Å². The standard InChI is InChI=1S/C13H11NO/c1-8-5-6-10-11-4-3-7-14-13(11)15-12(10)9(8)2/h3-7H,1-2H3. The van der Waals surface area contributed by atoms with Crippen LogP contribution >= 0.6 is 0 Å². The van der Waals surface area contributed by atoms with Gasteiger partial charge in [0.25, 0.3) is 0 Å². The Bertz CT molecular complexity index is 652. The molecule has 2 heteroatoms. The molecule has 3 aromatic rings. The van der Waals surface area contributed by atoms with E-state index in [2.05, 4.69) is 31.0 Å². The van der Waals surface area contributed by atoms with Crippen molar-refractivity contribution in [1.82, 2.24) is 4.98 Å². The molecule has 0 aliphatic carbocycles. The third-order valence-electron chi connectivity index (χ3n) is 2.94. The fraction of sp³-hybridized carbons (Fsp3) is 0.154. The van der Waals surface area contributed by atoms with Crippen LogP contribution in [0, 0.1) is 13.8 Å². The molecule has 74 valence electrons. The van der Waals surface area contributed by atoms with Gasteiger partial charge in [0.15, 0.2) is 0 Å². The predicted molar refractivity (Wildman–Crippen MR) is 61.0 cm³/mol. The van der Waals surface area contributed by atoms with Crippen LogP contribution in [0.2, 0.25) is 0 Å². The largest absolute Gasteiger partial charge is 0.437 e. The van der Waals surface area contributed by atoms with Crippen molar-refractivity contribution >= 4 is 22.1 Å². The molecule has 0 fully saturated rings. The molecule has 2 nitrogen and oxygen atoms in total. The fourth-order valence-electron chi connectivity index (χ4n) is 1.91. The third-order valence-corrected chi connectivity index (χ3v) is 2.94. The zero-order chi connectivity index (χ0) is 10.4. The number of aromatic nitrogens is 1. The van der Waals surface area contributed by atoms with Gasteiger partial charge in [0.05, 0.1) is 0 Å². The lowest BCUT2D eigenvalue weighted by Crippen LogP contribution is -1.79. The zero-order valence-electron chi connectivity index (χ0n) is 8.74. The normalized spacial score (nSPS) is 11.3. The Morgan fingerprint density at radius 1 is 1.07 bits per heavy atom. The van der Waals surface area contributed by atoms with Crippen molar-refractivity contribution in [3.05, 3.63) is 41.6 Å². The van der Waals surface area contributed by atoms with E-state index in [4.69, 9.17) is 4.42 Å². The number of rotatable bonds is 0. The minimum Gasteiger partial charge on any atom is -0.437 e. The van der Waals surface area contributed by atoms with E-state index in [1.165, 1.54) is 11.1 Å². The number of furan rings is 1. The van der Waals surface area contributed by atoms with Gasteiger partial charge in [-0.05, 0) is 37.1 Å². The lowest BCUT2D eigenvalue weighted by molar-refractivity contribution is 0.650. The summed E-state index contributed by atoms with van der Waals surface area (Å²) in [6.07, 6.45) is 1.76. The summed E-state index contributed by atoms with van der Waals surface area (Å²) in [7, 11) is 0. The lowest BCUT2D eigenvalue weighted by Gasteiger charge is -1.98. The number of nitrogens with zero attached hydrogens (tertiary/aromatic N) is 1. The van der Waals surface area contributed by atoms with Gasteiger partial charge in [-0.1, -0.05) is 12.1 Å². The van der Waals surface area contributed by atoms with Crippen molar-refractivity contribution in [2.75, 3.05) is 0 Å². The Morgan fingerprint density at radius 3 is 2.80 bits per heavy atom. The SMILES string of the molecule is Cc1ccc2c(oc3ncccc32)c1C. The quantitative estimate of drug-likeness (QED) is 0.550. The molecule has 0 N–H and O–H groups in total. The average molecular weight is 197 g/mol. The van der Waals surface area contributed by atoms with E-state index in [0.29, 0.717) is 0 Å². The highest BCUT2D eigenvalue weighted by atomic mass is 16.3. The van der Waals surface area contributed by atoms with Crippen molar-refractivity contribution in [2.45, 2.75) is 13.8 Å². The molecule has 3 rings (SSSR count). The first kappa shape index (κ1) is 8.48. The van der Waals surface area contributed by atoms with Crippen LogP contribution in [0.15, 0.2) is 34.9 Å². The van der Waals surface area contributed by atoms with E-state index in [0.717, 1.165) is 22.1 Å². The van der Waals surface area contributed by atoms with Crippen LogP contribution in [0.25, 0.3) is 22.1 Å². The summed E-state index contributed by atoms with van der Waals surface area (Å²) in [5.41, 5.74) is 4.14. The number of aryl methyl sites for hydroxylation is 2. The molecule has 0 aliphatic rings. The van der Waals surface area contributed by atoms with Crippen molar-refractivity contribution in [2.24, 2.45) is 0 Å². The van der Waals surface area contributed by atoms with E-state index in [1.807, 2.05) is 12.1 Å². The topological polar surface area (TPSA) is 26.0 Å². The molecule has 0 atom stereocenters. The van der Waals surface area contributed by atoms with E-state index in [9.17, 15) is 0 Å². The van der Waals surface area contributed by atoms with Crippen LogP contribution in [0.5, 0.6) is 0 Å². The first-order valence-electron chi connectivity index (χ1n) is 5.01. The molecular formula is C13H11NO. The third kappa shape index (κ3) is 1.08. The fourth-order valence-corrected chi connectivity index (χ4v) is 1.91. The molecule has 0 aliphatic heterocycles. The molecule has 2 aromatic heterocycles. The van der Waals surface area contributed by atoms with Crippen LogP contribution in [0.4, 0.5) is 0 Å². The van der Waals surface area contributed by atoms with E-state index >= 15 is 0 Å². The van der Waals surface area contributed by atoms with Crippen LogP contribution < -0.4 is 0 Å². The highest BCUT2D eigenvalue weighted by Gasteiger charge is 2.09. The summed E-state index contributed by atoms with van der Waals surface area (Å²) in [5.74, 6) is 0. The molecule has 0 saturated heterocycles. The Hall–Kier alpha value is -1.83. The number of fused-ring (bicyclic) bond motifs is 3. The molecule has 0 bridgehead atoms. The van der Waals surface area contributed by atoms with E-state index in [-0.39, 0.29) is 0 Å². The van der Waals surface area contributed by atoms with Gasteiger partial charge in [0.1, 0.15) is 5.58 Å². The van der Waals surface area contributed by atoms with Gasteiger partial charge < -0.3 is 4.42 Å². The van der Waals surface area contributed by atoms with Gasteiger partial charge in [0, 0.05) is 17.0 Å². The second-order valence-corrected chi connectivity index (χ2v) is 3.84. The smallest absolute Gasteiger partial charge is 0.227 e. The number of benzene rings is 1. The van der Waals surface area contributed by atoms with E-state index in [1.54, 1.807) is 6.20 Å². The maximum atomic E-state index is 5.75. The van der Waals surface area contributed by atoms with Crippen molar-refractivity contribution in [3.8, 4) is 0 Å². The minimum atomic E-state index is 0.723. The molecule has 0 spiro atoms. The van der Waals surface area contributed by atoms with Crippen molar-refractivity contribution in [1.29, 1.82) is 0 Å². The van der Waals surface area contributed by atoms with Gasteiger partial charge in [-0.15, -0.1) is 0 Å². The molecule has 0 saturated carbocycles. The van der Waals surface area contributed by atoms with Gasteiger partial charge in [0.2, 0.25) is 5.71 Å². The molecule has 15 heavy (non-hydrogen) atoms. The minimum absolute atomic E-state index is 0.723. The second kappa shape index (κ2) is 2.83. The van der Waals surface area contributed by atoms with Crippen LogP contribution in [0.3, 0.4) is 0 Å². The van der Waals surface area contributed by atoms with Crippen molar-refractivity contribution < 1.29 is 4.42 Å². The summed E-state index contributed by atoms with van der Waals surface area (Å²) in [6, 6.07) is 8.21. The summed E-state index contributed by atoms with van der Waals surface area (Å²) < 4.78 is 5.75. The van der Waals surface area contributed by atoms with E-state index < -0.39 is 0 Å². The Morgan fingerprint density at radius 2 is 1.93 bits per heavy atom. The maximum absolute atomic E-state index is 5.75. The zero-order valence-corrected chi connectivity index (χ0v) is 8.74. The summed E-state index contributed by atoms with van der Waals surface area (Å²) in [4.78, 5) is 4.22. The summed E-state index contributed by atoms with van der Waals surface area (Å²) in [5, 5.41) is 2.25. The number of pyridine rings is 1. The monoisotopic (exact) mass is 197 g/mol. The summed E-state index contributed by atoms with van der Waals surface area (Å²) >= 11 is 0. The summed E-state index contributed by atoms with van der Waals surface area (Å²) in [6.45, 7) is 4.18.